The van der Waals surface area contributed by atoms with E-state index in [1.54, 1.807) is 14.2 Å². The van der Waals surface area contributed by atoms with E-state index in [0.717, 1.165) is 24.6 Å². The minimum absolute atomic E-state index is 0.00245. The molecule has 1 heterocycles. The molecule has 0 aliphatic carbocycles. The summed E-state index contributed by atoms with van der Waals surface area (Å²) in [6.45, 7) is 7.00. The summed E-state index contributed by atoms with van der Waals surface area (Å²) < 4.78 is 10.5. The average molecular weight is 321 g/mol. The van der Waals surface area contributed by atoms with Gasteiger partial charge in [0.15, 0.2) is 17.5 Å². The van der Waals surface area contributed by atoms with Gasteiger partial charge >= 0.3 is 0 Å². The zero-order chi connectivity index (χ0) is 16.8. The lowest BCUT2D eigenvalue weighted by Crippen LogP contribution is -3.17. The molecule has 2 N–H and O–H groups in total. The molecule has 2 rings (SSSR count). The molecule has 5 nitrogen and oxygen atoms in total. The van der Waals surface area contributed by atoms with Crippen molar-refractivity contribution in [3.63, 3.8) is 0 Å². The quantitative estimate of drug-likeness (QED) is 0.823. The van der Waals surface area contributed by atoms with Crippen molar-refractivity contribution >= 4 is 5.91 Å². The zero-order valence-corrected chi connectivity index (χ0v) is 14.6. The third-order valence-electron chi connectivity index (χ3n) is 4.84. The minimum Gasteiger partial charge on any atom is -0.493 e. The number of piperidine rings is 1. The van der Waals surface area contributed by atoms with E-state index in [4.69, 9.17) is 9.47 Å². The third-order valence-corrected chi connectivity index (χ3v) is 4.84. The molecule has 1 amide bonds. The number of methoxy groups -OCH3 is 2. The van der Waals surface area contributed by atoms with Gasteiger partial charge in [0, 0.05) is 6.54 Å². The Morgan fingerprint density at radius 3 is 2.52 bits per heavy atom. The van der Waals surface area contributed by atoms with E-state index in [1.807, 2.05) is 25.1 Å². The Morgan fingerprint density at radius 1 is 1.26 bits per heavy atom. The van der Waals surface area contributed by atoms with E-state index in [2.05, 4.69) is 12.2 Å². The maximum Gasteiger partial charge on any atom is 0.278 e. The summed E-state index contributed by atoms with van der Waals surface area (Å²) in [7, 11) is 3.23. The monoisotopic (exact) mass is 321 g/mol. The Labute approximate surface area is 139 Å². The highest BCUT2D eigenvalue weighted by molar-refractivity contribution is 5.79. The van der Waals surface area contributed by atoms with E-state index in [-0.39, 0.29) is 11.9 Å². The lowest BCUT2D eigenvalue weighted by molar-refractivity contribution is -0.920. The summed E-state index contributed by atoms with van der Waals surface area (Å²) in [6.07, 6.45) is 2.42. The molecule has 0 bridgehead atoms. The number of nitrogens with one attached hydrogen (secondary N) is 2. The molecule has 1 aliphatic heterocycles. The highest BCUT2D eigenvalue weighted by Crippen LogP contribution is 2.27. The number of carbonyl (C=O) groups is 1. The van der Waals surface area contributed by atoms with Crippen molar-refractivity contribution < 1.29 is 19.2 Å². The first-order chi connectivity index (χ1) is 11.0. The second-order valence-corrected chi connectivity index (χ2v) is 6.47. The normalized spacial score (nSPS) is 22.3. The number of likely N-dealkylation sites (tertiary alicyclic amines) is 1. The van der Waals surface area contributed by atoms with Crippen molar-refractivity contribution in [1.82, 2.24) is 5.32 Å². The first-order valence-corrected chi connectivity index (χ1v) is 8.38. The molecule has 1 aromatic rings. The minimum atomic E-state index is 0.00245. The second kappa shape index (κ2) is 8.20. The number of hydrogen-bond acceptors (Lipinski definition) is 3. The van der Waals surface area contributed by atoms with Gasteiger partial charge < -0.3 is 19.7 Å². The number of ether oxygens (including phenoxy) is 2. The predicted molar refractivity (Wildman–Crippen MR) is 89.9 cm³/mol. The lowest BCUT2D eigenvalue weighted by atomic mass is 9.98. The number of carbonyl (C=O) groups excluding carboxylic acids is 1. The van der Waals surface area contributed by atoms with Crippen LogP contribution in [-0.2, 0) is 11.3 Å². The van der Waals surface area contributed by atoms with Crippen molar-refractivity contribution in [1.29, 1.82) is 0 Å². The van der Waals surface area contributed by atoms with Gasteiger partial charge in [-0.15, -0.1) is 0 Å². The number of hydrogen-bond donors (Lipinski definition) is 2. The van der Waals surface area contributed by atoms with Crippen LogP contribution in [-0.4, -0.2) is 39.3 Å². The van der Waals surface area contributed by atoms with E-state index in [1.165, 1.54) is 17.7 Å². The lowest BCUT2D eigenvalue weighted by Gasteiger charge is -2.31. The number of benzene rings is 1. The van der Waals surface area contributed by atoms with Crippen LogP contribution in [0.2, 0.25) is 0 Å². The first-order valence-electron chi connectivity index (χ1n) is 8.38. The largest absolute Gasteiger partial charge is 0.493 e. The van der Waals surface area contributed by atoms with Gasteiger partial charge in [-0.1, -0.05) is 13.0 Å². The Bertz CT molecular complexity index is 525. The standard InChI is InChI=1S/C18H28N2O3/c1-13-7-9-20(10-8-13)14(2)18(21)19-12-15-5-6-16(22-3)17(11-15)23-4/h5-6,11,13-14H,7-10,12H2,1-4H3,(H,19,21)/p+1/t14-/m0/s1. The van der Waals surface area contributed by atoms with Gasteiger partial charge in [-0.3, -0.25) is 4.79 Å². The van der Waals surface area contributed by atoms with Gasteiger partial charge in [-0.2, -0.15) is 0 Å². The molecule has 5 heteroatoms. The number of quaternary nitrogens is 1. The van der Waals surface area contributed by atoms with Gasteiger partial charge in [0.1, 0.15) is 0 Å². The second-order valence-electron chi connectivity index (χ2n) is 6.47. The Kier molecular flexibility index (Phi) is 6.28. The van der Waals surface area contributed by atoms with Crippen LogP contribution in [0.4, 0.5) is 0 Å². The van der Waals surface area contributed by atoms with Crippen LogP contribution in [0.5, 0.6) is 11.5 Å². The fraction of sp³-hybridized carbons (Fsp3) is 0.611. The van der Waals surface area contributed by atoms with E-state index in [0.29, 0.717) is 18.0 Å². The molecule has 1 aromatic carbocycles. The molecule has 0 radical (unpaired) electrons. The molecule has 1 atom stereocenters. The summed E-state index contributed by atoms with van der Waals surface area (Å²) in [5.74, 6) is 2.29. The summed E-state index contributed by atoms with van der Waals surface area (Å²) >= 11 is 0. The molecular formula is C18H29N2O3+. The Morgan fingerprint density at radius 2 is 1.91 bits per heavy atom. The highest BCUT2D eigenvalue weighted by Gasteiger charge is 2.28. The summed E-state index contributed by atoms with van der Waals surface area (Å²) in [5.41, 5.74) is 1.01. The van der Waals surface area contributed by atoms with Crippen LogP contribution in [0.1, 0.15) is 32.3 Å². The first kappa shape index (κ1) is 17.6. The molecule has 0 unspecified atom stereocenters. The van der Waals surface area contributed by atoms with Crippen LogP contribution < -0.4 is 19.7 Å². The van der Waals surface area contributed by atoms with Gasteiger partial charge in [0.05, 0.1) is 27.3 Å². The predicted octanol–water partition coefficient (Wildman–Crippen LogP) is 1.02. The molecule has 23 heavy (non-hydrogen) atoms. The Hall–Kier alpha value is -1.75. The van der Waals surface area contributed by atoms with Crippen molar-refractivity contribution in [2.45, 2.75) is 39.3 Å². The topological polar surface area (TPSA) is 52.0 Å². The number of rotatable bonds is 6. The van der Waals surface area contributed by atoms with Gasteiger partial charge in [-0.25, -0.2) is 0 Å². The van der Waals surface area contributed by atoms with Gasteiger partial charge in [0.25, 0.3) is 5.91 Å². The maximum absolute atomic E-state index is 12.4. The summed E-state index contributed by atoms with van der Waals surface area (Å²) in [6, 6.07) is 5.71. The molecule has 0 saturated carbocycles. The van der Waals surface area contributed by atoms with E-state index < -0.39 is 0 Å². The molecule has 1 aliphatic rings. The molecule has 0 aromatic heterocycles. The zero-order valence-electron chi connectivity index (χ0n) is 14.6. The van der Waals surface area contributed by atoms with Crippen molar-refractivity contribution in [2.75, 3.05) is 27.3 Å². The maximum atomic E-state index is 12.4. The van der Waals surface area contributed by atoms with Gasteiger partial charge in [-0.05, 0) is 43.4 Å². The molecular weight excluding hydrogens is 292 g/mol. The van der Waals surface area contributed by atoms with Gasteiger partial charge in [0.2, 0.25) is 0 Å². The van der Waals surface area contributed by atoms with Crippen molar-refractivity contribution in [3.05, 3.63) is 23.8 Å². The van der Waals surface area contributed by atoms with Crippen LogP contribution >= 0.6 is 0 Å². The fourth-order valence-corrected chi connectivity index (χ4v) is 3.08. The smallest absolute Gasteiger partial charge is 0.278 e. The summed E-state index contributed by atoms with van der Waals surface area (Å²) in [5, 5.41) is 3.04. The van der Waals surface area contributed by atoms with Crippen molar-refractivity contribution in [2.24, 2.45) is 5.92 Å². The number of amides is 1. The Balaban J connectivity index is 1.88. The van der Waals surface area contributed by atoms with Crippen LogP contribution in [0.3, 0.4) is 0 Å². The average Bonchev–Trinajstić information content (AvgIpc) is 2.59. The van der Waals surface area contributed by atoms with Crippen LogP contribution in [0, 0.1) is 5.92 Å². The van der Waals surface area contributed by atoms with Crippen LogP contribution in [0.15, 0.2) is 18.2 Å². The third kappa shape index (κ3) is 4.61. The SMILES string of the molecule is COc1ccc(CNC(=O)[C@H](C)[NH+]2CCC(C)CC2)cc1OC. The van der Waals surface area contributed by atoms with E-state index >= 15 is 0 Å². The molecule has 128 valence electrons. The van der Waals surface area contributed by atoms with E-state index in [9.17, 15) is 4.79 Å². The fourth-order valence-electron chi connectivity index (χ4n) is 3.08. The summed E-state index contributed by atoms with van der Waals surface area (Å²) in [4.78, 5) is 13.8. The van der Waals surface area contributed by atoms with Crippen LogP contribution in [0.25, 0.3) is 0 Å². The molecule has 0 spiro atoms. The highest BCUT2D eigenvalue weighted by atomic mass is 16.5. The molecule has 1 fully saturated rings. The molecule has 1 saturated heterocycles. The van der Waals surface area contributed by atoms with Crippen molar-refractivity contribution in [3.8, 4) is 11.5 Å².